The molecule has 2 N–H and O–H groups in total. The quantitative estimate of drug-likeness (QED) is 0.232. The van der Waals surface area contributed by atoms with Gasteiger partial charge in [-0.05, 0) is 48.0 Å². The van der Waals surface area contributed by atoms with E-state index in [9.17, 15) is 9.59 Å². The van der Waals surface area contributed by atoms with Crippen molar-refractivity contribution in [2.45, 2.75) is 24.7 Å². The molecule has 0 spiro atoms. The van der Waals surface area contributed by atoms with E-state index in [1.54, 1.807) is 30.3 Å². The monoisotopic (exact) mass is 505 g/mol. The smallest absolute Gasteiger partial charge is 0.251 e. The largest absolute Gasteiger partial charge is 0.342 e. The fraction of sp³-hybridized carbons (Fsp3) is 0.154. The van der Waals surface area contributed by atoms with Gasteiger partial charge in [0.05, 0.1) is 11.8 Å². The van der Waals surface area contributed by atoms with Crippen LogP contribution in [0.2, 0.25) is 5.02 Å². The molecule has 1 aromatic heterocycles. The van der Waals surface area contributed by atoms with E-state index in [1.165, 1.54) is 11.8 Å². The van der Waals surface area contributed by atoms with Gasteiger partial charge in [-0.3, -0.25) is 9.59 Å². The minimum Gasteiger partial charge on any atom is -0.342 e. The van der Waals surface area contributed by atoms with Crippen molar-refractivity contribution in [1.29, 1.82) is 0 Å². The molecule has 1 unspecified atom stereocenters. The third-order valence-corrected chi connectivity index (χ3v) is 6.45. The van der Waals surface area contributed by atoms with Crippen LogP contribution in [0.5, 0.6) is 0 Å². The van der Waals surface area contributed by atoms with Gasteiger partial charge in [0.2, 0.25) is 5.91 Å². The number of hydrogen-bond donors (Lipinski definition) is 2. The highest BCUT2D eigenvalue weighted by Gasteiger charge is 2.20. The van der Waals surface area contributed by atoms with Crippen molar-refractivity contribution in [3.8, 4) is 0 Å². The van der Waals surface area contributed by atoms with Crippen molar-refractivity contribution in [2.75, 3.05) is 11.1 Å². The Morgan fingerprint density at radius 2 is 1.89 bits per heavy atom. The van der Waals surface area contributed by atoms with E-state index in [4.69, 9.17) is 11.6 Å². The highest BCUT2D eigenvalue weighted by atomic mass is 35.5. The Morgan fingerprint density at radius 1 is 1.09 bits per heavy atom. The number of amides is 2. The van der Waals surface area contributed by atoms with Gasteiger partial charge in [0.25, 0.3) is 5.91 Å². The second kappa shape index (κ2) is 11.2. The van der Waals surface area contributed by atoms with Crippen LogP contribution >= 0.6 is 23.4 Å². The average Bonchev–Trinajstić information content (AvgIpc) is 3.25. The van der Waals surface area contributed by atoms with Crippen LogP contribution in [0.1, 0.15) is 29.1 Å². The second-order valence-corrected chi connectivity index (χ2v) is 9.22. The molecular weight excluding hydrogens is 482 g/mol. The lowest BCUT2D eigenvalue weighted by Gasteiger charge is -2.15. The molecule has 9 heteroatoms. The fourth-order valence-electron chi connectivity index (χ4n) is 3.60. The lowest BCUT2D eigenvalue weighted by Crippen LogP contribution is -2.28. The Labute approximate surface area is 212 Å². The minimum atomic E-state index is -0.422. The van der Waals surface area contributed by atoms with Gasteiger partial charge >= 0.3 is 0 Å². The summed E-state index contributed by atoms with van der Waals surface area (Å²) < 4.78 is 1.84. The van der Waals surface area contributed by atoms with E-state index in [-0.39, 0.29) is 17.6 Å². The zero-order valence-electron chi connectivity index (χ0n) is 19.1. The number of carbonyl (C=O) groups excluding carboxylic acids is 2. The molecule has 7 nitrogen and oxygen atoms in total. The van der Waals surface area contributed by atoms with Crippen molar-refractivity contribution in [3.05, 3.63) is 95.8 Å². The number of hydrogen-bond acceptors (Lipinski definition) is 5. The molecule has 0 aliphatic carbocycles. The highest BCUT2D eigenvalue weighted by Crippen LogP contribution is 2.23. The van der Waals surface area contributed by atoms with Gasteiger partial charge in [-0.15, -0.1) is 16.8 Å². The number of allylic oxidation sites excluding steroid dienone is 1. The molecule has 0 aliphatic heterocycles. The van der Waals surface area contributed by atoms with Gasteiger partial charge in [0.15, 0.2) is 11.0 Å². The first kappa shape index (κ1) is 24.5. The summed E-state index contributed by atoms with van der Waals surface area (Å²) in [7, 11) is 0. The van der Waals surface area contributed by atoms with Gasteiger partial charge < -0.3 is 15.2 Å². The third-order valence-electron chi connectivity index (χ3n) is 5.24. The molecule has 0 radical (unpaired) electrons. The van der Waals surface area contributed by atoms with E-state index in [0.717, 1.165) is 16.5 Å². The maximum absolute atomic E-state index is 12.6. The molecule has 35 heavy (non-hydrogen) atoms. The standard InChI is InChI=1S/C26H24ClN5O2S/c1-3-13-32-24(17(2)28-25(34)20-9-6-10-21(27)14-20)30-31-26(32)35-16-23(33)29-22-12-11-18-7-4-5-8-19(18)15-22/h3-12,14-15,17H,1,13,16H2,2H3,(H,28,34)(H,29,33). The summed E-state index contributed by atoms with van der Waals surface area (Å²) in [6.07, 6.45) is 1.72. The summed E-state index contributed by atoms with van der Waals surface area (Å²) in [5.41, 5.74) is 1.19. The van der Waals surface area contributed by atoms with Gasteiger partial charge in [-0.25, -0.2) is 0 Å². The number of nitrogens with one attached hydrogen (secondary N) is 2. The molecule has 178 valence electrons. The van der Waals surface area contributed by atoms with Gasteiger partial charge in [0.1, 0.15) is 0 Å². The van der Waals surface area contributed by atoms with Crippen LogP contribution in [0.25, 0.3) is 10.8 Å². The Balaban J connectivity index is 1.41. The van der Waals surface area contributed by atoms with E-state index < -0.39 is 6.04 Å². The first-order valence-corrected chi connectivity index (χ1v) is 12.3. The summed E-state index contributed by atoms with van der Waals surface area (Å²) in [6, 6.07) is 20.1. The highest BCUT2D eigenvalue weighted by molar-refractivity contribution is 7.99. The summed E-state index contributed by atoms with van der Waals surface area (Å²) in [4.78, 5) is 25.2. The summed E-state index contributed by atoms with van der Waals surface area (Å²) in [5.74, 6) is 0.308. The van der Waals surface area contributed by atoms with E-state index in [2.05, 4.69) is 27.4 Å². The van der Waals surface area contributed by atoms with Crippen LogP contribution < -0.4 is 10.6 Å². The fourth-order valence-corrected chi connectivity index (χ4v) is 4.54. The number of aromatic nitrogens is 3. The number of fused-ring (bicyclic) bond motifs is 1. The lowest BCUT2D eigenvalue weighted by molar-refractivity contribution is -0.113. The average molecular weight is 506 g/mol. The molecular formula is C26H24ClN5O2S. The van der Waals surface area contributed by atoms with E-state index in [0.29, 0.717) is 28.1 Å². The van der Waals surface area contributed by atoms with Crippen LogP contribution in [0.3, 0.4) is 0 Å². The molecule has 4 rings (SSSR count). The maximum atomic E-state index is 12.6. The Kier molecular flexibility index (Phi) is 7.84. The Morgan fingerprint density at radius 3 is 2.66 bits per heavy atom. The van der Waals surface area contributed by atoms with Crippen molar-refractivity contribution in [1.82, 2.24) is 20.1 Å². The molecule has 0 aliphatic rings. The topological polar surface area (TPSA) is 88.9 Å². The molecule has 1 heterocycles. The van der Waals surface area contributed by atoms with Gasteiger partial charge in [-0.2, -0.15) is 0 Å². The molecule has 0 fully saturated rings. The Bertz CT molecular complexity index is 1390. The number of carbonyl (C=O) groups is 2. The van der Waals surface area contributed by atoms with Crippen LogP contribution in [-0.4, -0.2) is 32.3 Å². The van der Waals surface area contributed by atoms with Crippen molar-refractivity contribution < 1.29 is 9.59 Å². The predicted octanol–water partition coefficient (Wildman–Crippen LogP) is 5.49. The van der Waals surface area contributed by atoms with Crippen LogP contribution in [-0.2, 0) is 11.3 Å². The maximum Gasteiger partial charge on any atom is 0.251 e. The second-order valence-electron chi connectivity index (χ2n) is 7.84. The number of anilines is 1. The molecule has 0 bridgehead atoms. The van der Waals surface area contributed by atoms with Crippen LogP contribution in [0.15, 0.2) is 84.5 Å². The normalized spacial score (nSPS) is 11.7. The zero-order chi connectivity index (χ0) is 24.8. The first-order chi connectivity index (χ1) is 16.9. The van der Waals surface area contributed by atoms with Crippen LogP contribution in [0.4, 0.5) is 5.69 Å². The number of thioether (sulfide) groups is 1. The SMILES string of the molecule is C=CCn1c(SCC(=O)Nc2ccc3ccccc3c2)nnc1C(C)NC(=O)c1cccc(Cl)c1. The third kappa shape index (κ3) is 6.09. The molecule has 3 aromatic carbocycles. The Hall–Kier alpha value is -3.62. The van der Waals surface area contributed by atoms with E-state index >= 15 is 0 Å². The summed E-state index contributed by atoms with van der Waals surface area (Å²) >= 11 is 7.27. The van der Waals surface area contributed by atoms with Gasteiger partial charge in [0, 0.05) is 22.8 Å². The van der Waals surface area contributed by atoms with Crippen molar-refractivity contribution in [2.24, 2.45) is 0 Å². The number of halogens is 1. The number of benzene rings is 3. The lowest BCUT2D eigenvalue weighted by atomic mass is 10.1. The first-order valence-electron chi connectivity index (χ1n) is 11.0. The van der Waals surface area contributed by atoms with Gasteiger partial charge in [-0.1, -0.05) is 65.8 Å². The zero-order valence-corrected chi connectivity index (χ0v) is 20.6. The van der Waals surface area contributed by atoms with Crippen molar-refractivity contribution in [3.63, 3.8) is 0 Å². The van der Waals surface area contributed by atoms with Crippen molar-refractivity contribution >= 4 is 51.6 Å². The molecule has 1 atom stereocenters. The molecule has 0 saturated heterocycles. The summed E-state index contributed by atoms with van der Waals surface area (Å²) in [6.45, 7) is 6.07. The molecule has 2 amide bonds. The van der Waals surface area contributed by atoms with E-state index in [1.807, 2.05) is 54.0 Å². The minimum absolute atomic E-state index is 0.151. The predicted molar refractivity (Wildman–Crippen MR) is 141 cm³/mol. The van der Waals surface area contributed by atoms with Crippen LogP contribution in [0, 0.1) is 0 Å². The number of rotatable bonds is 9. The summed E-state index contributed by atoms with van der Waals surface area (Å²) in [5, 5.41) is 17.6. The number of nitrogens with zero attached hydrogens (tertiary/aromatic N) is 3. The molecule has 4 aromatic rings. The molecule has 0 saturated carbocycles.